The molecule has 0 aliphatic rings. The molecule has 6 nitrogen and oxygen atoms in total. The van der Waals surface area contributed by atoms with E-state index in [2.05, 4.69) is 11.4 Å². The Labute approximate surface area is 157 Å². The van der Waals surface area contributed by atoms with Gasteiger partial charge in [0.2, 0.25) is 15.9 Å². The Hall–Kier alpha value is -2.34. The molecule has 2 aromatic carbocycles. The number of nitriles is 1. The smallest absolute Gasteiger partial charge is 0.238 e. The van der Waals surface area contributed by atoms with E-state index in [-0.39, 0.29) is 22.6 Å². The third-order valence-corrected chi connectivity index (χ3v) is 5.56. The van der Waals surface area contributed by atoms with Crippen molar-refractivity contribution in [2.75, 3.05) is 5.75 Å². The molecule has 2 aromatic rings. The Balaban J connectivity index is 1.86. The zero-order valence-electron chi connectivity index (χ0n) is 14.2. The third-order valence-electron chi connectivity index (χ3n) is 3.65. The number of nitrogens with two attached hydrogens (primary N) is 1. The second-order valence-corrected chi connectivity index (χ2v) is 8.26. The summed E-state index contributed by atoms with van der Waals surface area (Å²) < 4.78 is 22.8. The van der Waals surface area contributed by atoms with Gasteiger partial charge < -0.3 is 5.32 Å². The number of primary sulfonamides is 1. The quantitative estimate of drug-likeness (QED) is 0.754. The first kappa shape index (κ1) is 20.0. The maximum Gasteiger partial charge on any atom is 0.238 e. The van der Waals surface area contributed by atoms with Crippen LogP contribution in [0.2, 0.25) is 0 Å². The average molecular weight is 390 g/mol. The van der Waals surface area contributed by atoms with Crippen molar-refractivity contribution in [3.05, 3.63) is 65.2 Å². The van der Waals surface area contributed by atoms with E-state index in [0.717, 1.165) is 5.56 Å². The van der Waals surface area contributed by atoms with E-state index in [4.69, 9.17) is 10.4 Å². The predicted molar refractivity (Wildman–Crippen MR) is 102 cm³/mol. The predicted octanol–water partition coefficient (Wildman–Crippen LogP) is 2.32. The maximum atomic E-state index is 12.1. The van der Waals surface area contributed by atoms with Crippen LogP contribution in [0.1, 0.15) is 29.7 Å². The lowest BCUT2D eigenvalue weighted by Crippen LogP contribution is -2.28. The molecule has 8 heteroatoms. The van der Waals surface area contributed by atoms with E-state index < -0.39 is 10.0 Å². The van der Waals surface area contributed by atoms with Crippen LogP contribution in [0, 0.1) is 11.3 Å². The number of hydrogen-bond acceptors (Lipinski definition) is 5. The summed E-state index contributed by atoms with van der Waals surface area (Å²) in [6, 6.07) is 15.2. The molecule has 0 saturated heterocycles. The molecule has 0 fully saturated rings. The summed E-state index contributed by atoms with van der Waals surface area (Å²) in [5.41, 5.74) is 2.31. The lowest BCUT2D eigenvalue weighted by atomic mass is 10.1. The highest BCUT2D eigenvalue weighted by molar-refractivity contribution is 7.99. The van der Waals surface area contributed by atoms with Gasteiger partial charge >= 0.3 is 0 Å². The molecule has 3 N–H and O–H groups in total. The van der Waals surface area contributed by atoms with Crippen molar-refractivity contribution in [3.8, 4) is 6.07 Å². The van der Waals surface area contributed by atoms with Gasteiger partial charge in [0.1, 0.15) is 0 Å². The highest BCUT2D eigenvalue weighted by Gasteiger charge is 2.13. The molecule has 0 heterocycles. The van der Waals surface area contributed by atoms with Gasteiger partial charge in [-0.1, -0.05) is 24.3 Å². The van der Waals surface area contributed by atoms with E-state index in [0.29, 0.717) is 16.9 Å². The zero-order valence-corrected chi connectivity index (χ0v) is 15.8. The summed E-state index contributed by atoms with van der Waals surface area (Å²) in [5.74, 6) is 0.797. The van der Waals surface area contributed by atoms with Gasteiger partial charge in [-0.15, -0.1) is 11.8 Å². The Bertz CT molecular complexity index is 919. The molecule has 1 unspecified atom stereocenters. The van der Waals surface area contributed by atoms with Gasteiger partial charge in [-0.05, 0) is 42.3 Å². The molecule has 1 atom stereocenters. The van der Waals surface area contributed by atoms with E-state index >= 15 is 0 Å². The van der Waals surface area contributed by atoms with Crippen LogP contribution in [0.4, 0.5) is 0 Å². The number of hydrogen-bond donors (Lipinski definition) is 2. The van der Waals surface area contributed by atoms with Crippen LogP contribution >= 0.6 is 11.8 Å². The Kier molecular flexibility index (Phi) is 6.80. The summed E-state index contributed by atoms with van der Waals surface area (Å²) in [7, 11) is -3.77. The molecule has 0 saturated carbocycles. The number of carbonyl (C=O) groups excluding carboxylic acids is 1. The molecule has 0 radical (unpaired) electrons. The average Bonchev–Trinajstić information content (AvgIpc) is 2.61. The van der Waals surface area contributed by atoms with E-state index in [1.165, 1.54) is 23.9 Å². The van der Waals surface area contributed by atoms with Crippen molar-refractivity contribution >= 4 is 27.7 Å². The highest BCUT2D eigenvalue weighted by atomic mass is 32.2. The van der Waals surface area contributed by atoms with Crippen LogP contribution < -0.4 is 10.5 Å². The number of nitrogens with one attached hydrogen (secondary N) is 1. The third kappa shape index (κ3) is 5.88. The van der Waals surface area contributed by atoms with E-state index in [1.54, 1.807) is 31.2 Å². The van der Waals surface area contributed by atoms with Crippen LogP contribution in [-0.4, -0.2) is 20.1 Å². The van der Waals surface area contributed by atoms with Gasteiger partial charge in [0.15, 0.2) is 0 Å². The molecule has 26 heavy (non-hydrogen) atoms. The van der Waals surface area contributed by atoms with Gasteiger partial charge in [0.05, 0.1) is 28.3 Å². The summed E-state index contributed by atoms with van der Waals surface area (Å²) in [4.78, 5) is 12.1. The van der Waals surface area contributed by atoms with Crippen LogP contribution in [0.15, 0.2) is 53.4 Å². The summed E-state index contributed by atoms with van der Waals surface area (Å²) in [5, 5.41) is 16.7. The summed E-state index contributed by atoms with van der Waals surface area (Å²) in [6.45, 7) is 1.78. The largest absolute Gasteiger partial charge is 0.349 e. The molecular formula is C18H19N3O3S2. The number of sulfonamides is 1. The van der Waals surface area contributed by atoms with Gasteiger partial charge in [0.25, 0.3) is 0 Å². The number of rotatable bonds is 7. The zero-order chi connectivity index (χ0) is 19.2. The number of benzene rings is 2. The van der Waals surface area contributed by atoms with Crippen molar-refractivity contribution in [2.45, 2.75) is 23.6 Å². The molecule has 2 rings (SSSR count). The Morgan fingerprint density at radius 2 is 1.96 bits per heavy atom. The SMILES string of the molecule is CC(NC(=O)CSCc1ccc(C#N)cc1)c1cccc(S(N)(=O)=O)c1. The van der Waals surface area contributed by atoms with Crippen LogP contribution in [0.5, 0.6) is 0 Å². The first-order valence-corrected chi connectivity index (χ1v) is 10.5. The van der Waals surface area contributed by atoms with Gasteiger partial charge in [-0.2, -0.15) is 5.26 Å². The van der Waals surface area contributed by atoms with Gasteiger partial charge in [0, 0.05) is 5.75 Å². The number of carbonyl (C=O) groups is 1. The minimum atomic E-state index is -3.77. The number of thioether (sulfide) groups is 1. The second-order valence-electron chi connectivity index (χ2n) is 5.71. The summed E-state index contributed by atoms with van der Waals surface area (Å²) in [6.07, 6.45) is 0. The summed E-state index contributed by atoms with van der Waals surface area (Å²) >= 11 is 1.46. The first-order valence-electron chi connectivity index (χ1n) is 7.78. The van der Waals surface area contributed by atoms with Crippen molar-refractivity contribution in [2.24, 2.45) is 5.14 Å². The molecule has 0 bridgehead atoms. The van der Waals surface area contributed by atoms with Crippen LogP contribution in [-0.2, 0) is 20.6 Å². The van der Waals surface area contributed by atoms with Crippen molar-refractivity contribution in [1.82, 2.24) is 5.32 Å². The fourth-order valence-corrected chi connectivity index (χ4v) is 3.63. The van der Waals surface area contributed by atoms with Crippen molar-refractivity contribution in [1.29, 1.82) is 5.26 Å². The molecule has 0 aliphatic carbocycles. The number of nitrogens with zero attached hydrogens (tertiary/aromatic N) is 1. The fourth-order valence-electron chi connectivity index (χ4n) is 2.26. The highest BCUT2D eigenvalue weighted by Crippen LogP contribution is 2.18. The maximum absolute atomic E-state index is 12.1. The molecule has 0 spiro atoms. The molecule has 0 aromatic heterocycles. The number of amides is 1. The van der Waals surface area contributed by atoms with E-state index in [1.807, 2.05) is 12.1 Å². The molecule has 1 amide bonds. The topological polar surface area (TPSA) is 113 Å². The van der Waals surface area contributed by atoms with E-state index in [9.17, 15) is 13.2 Å². The van der Waals surface area contributed by atoms with Crippen molar-refractivity contribution in [3.63, 3.8) is 0 Å². The van der Waals surface area contributed by atoms with Crippen molar-refractivity contribution < 1.29 is 13.2 Å². The fraction of sp³-hybridized carbons (Fsp3) is 0.222. The Morgan fingerprint density at radius 1 is 1.27 bits per heavy atom. The van der Waals surface area contributed by atoms with Gasteiger partial charge in [-0.3, -0.25) is 4.79 Å². The monoisotopic (exact) mass is 389 g/mol. The van der Waals surface area contributed by atoms with Crippen LogP contribution in [0.3, 0.4) is 0 Å². The molecule has 136 valence electrons. The minimum Gasteiger partial charge on any atom is -0.349 e. The lowest BCUT2D eigenvalue weighted by Gasteiger charge is -2.15. The Morgan fingerprint density at radius 3 is 2.58 bits per heavy atom. The second kappa shape index (κ2) is 8.85. The molecular weight excluding hydrogens is 370 g/mol. The molecule has 0 aliphatic heterocycles. The van der Waals surface area contributed by atoms with Gasteiger partial charge in [-0.25, -0.2) is 13.6 Å². The minimum absolute atomic E-state index is 0.0197. The van der Waals surface area contributed by atoms with Crippen LogP contribution in [0.25, 0.3) is 0 Å². The first-order chi connectivity index (χ1) is 12.3. The lowest BCUT2D eigenvalue weighted by molar-refractivity contribution is -0.119. The standard InChI is InChI=1S/C18H19N3O3S2/c1-13(16-3-2-4-17(9-16)26(20,23)24)21-18(22)12-25-11-15-7-5-14(10-19)6-8-15/h2-9,13H,11-12H2,1H3,(H,21,22)(H2,20,23,24). The normalized spacial score (nSPS) is 12.2.